The Morgan fingerprint density at radius 2 is 1.65 bits per heavy atom. The lowest BCUT2D eigenvalue weighted by atomic mass is 9.84. The van der Waals surface area contributed by atoms with Gasteiger partial charge in [-0.3, -0.25) is 0 Å². The molecule has 0 amide bonds. The summed E-state index contributed by atoms with van der Waals surface area (Å²) in [5.74, 6) is 0. The summed E-state index contributed by atoms with van der Waals surface area (Å²) in [6.07, 6.45) is 4.64. The molecule has 0 aliphatic carbocycles. The number of benzene rings is 1. The van der Waals surface area contributed by atoms with E-state index in [0.717, 1.165) is 19.4 Å². The number of hydrogen-bond acceptors (Lipinski definition) is 1. The summed E-state index contributed by atoms with van der Waals surface area (Å²) in [7, 11) is 0. The summed E-state index contributed by atoms with van der Waals surface area (Å²) in [6, 6.07) is 7.57. The lowest BCUT2D eigenvalue weighted by Crippen LogP contribution is -2.26. The third-order valence-corrected chi connectivity index (χ3v) is 3.85. The molecule has 0 radical (unpaired) electrons. The van der Waals surface area contributed by atoms with E-state index in [9.17, 15) is 0 Å². The topological polar surface area (TPSA) is 12.0 Å². The van der Waals surface area contributed by atoms with Crippen LogP contribution in [0.4, 0.5) is 0 Å². The number of rotatable bonds is 7. The Morgan fingerprint density at radius 3 is 2.15 bits per heavy atom. The van der Waals surface area contributed by atoms with Crippen LogP contribution < -0.4 is 5.32 Å². The van der Waals surface area contributed by atoms with Crippen LogP contribution in [0, 0.1) is 5.41 Å². The van der Waals surface area contributed by atoms with E-state index in [4.69, 9.17) is 0 Å². The third kappa shape index (κ3) is 5.28. The predicted octanol–water partition coefficient (Wildman–Crippen LogP) is 5.29. The zero-order valence-corrected chi connectivity index (χ0v) is 14.3. The second-order valence-corrected chi connectivity index (χ2v) is 7.01. The maximum atomic E-state index is 3.73. The monoisotopic (exact) mass is 275 g/mol. The van der Waals surface area contributed by atoms with Crippen LogP contribution in [0.2, 0.25) is 0 Å². The first kappa shape index (κ1) is 17.2. The van der Waals surface area contributed by atoms with E-state index < -0.39 is 0 Å². The minimum atomic E-state index is 0.348. The zero-order valence-electron chi connectivity index (χ0n) is 14.3. The molecule has 1 atom stereocenters. The Labute approximate surface area is 126 Å². The summed E-state index contributed by atoms with van der Waals surface area (Å²) in [5, 5.41) is 3.73. The third-order valence-electron chi connectivity index (χ3n) is 3.85. The molecule has 0 saturated carbocycles. The van der Waals surface area contributed by atoms with Gasteiger partial charge in [-0.15, -0.1) is 0 Å². The average molecular weight is 275 g/mol. The molecule has 1 rings (SSSR count). The molecular formula is C19H33N. The molecule has 1 aromatic rings. The molecule has 0 aliphatic heterocycles. The lowest BCUT2D eigenvalue weighted by Gasteiger charge is -2.28. The van der Waals surface area contributed by atoms with Gasteiger partial charge in [-0.2, -0.15) is 0 Å². The van der Waals surface area contributed by atoms with Crippen molar-refractivity contribution in [3.8, 4) is 0 Å². The first-order valence-corrected chi connectivity index (χ1v) is 8.26. The van der Waals surface area contributed by atoms with E-state index in [1.165, 1.54) is 29.5 Å². The van der Waals surface area contributed by atoms with Crippen LogP contribution in [0.5, 0.6) is 0 Å². The summed E-state index contributed by atoms with van der Waals surface area (Å²) in [4.78, 5) is 0. The van der Waals surface area contributed by atoms with Gasteiger partial charge in [0.2, 0.25) is 0 Å². The second-order valence-electron chi connectivity index (χ2n) is 7.01. The molecule has 0 spiro atoms. The van der Waals surface area contributed by atoms with Gasteiger partial charge in [0.05, 0.1) is 0 Å². The Hall–Kier alpha value is -0.820. The molecule has 0 heterocycles. The molecule has 0 aliphatic rings. The van der Waals surface area contributed by atoms with E-state index in [1.807, 2.05) is 0 Å². The molecule has 0 aromatic heterocycles. The maximum absolute atomic E-state index is 3.73. The fraction of sp³-hybridized carbons (Fsp3) is 0.684. The van der Waals surface area contributed by atoms with Crippen molar-refractivity contribution in [1.82, 2.24) is 5.32 Å². The highest BCUT2D eigenvalue weighted by molar-refractivity contribution is 5.34. The quantitative estimate of drug-likeness (QED) is 0.713. The van der Waals surface area contributed by atoms with Crippen molar-refractivity contribution in [2.75, 3.05) is 6.54 Å². The van der Waals surface area contributed by atoms with Crippen LogP contribution in [-0.2, 0) is 12.8 Å². The summed E-state index contributed by atoms with van der Waals surface area (Å²) in [6.45, 7) is 14.8. The standard InChI is InChI=1S/C19H33N/c1-7-12-20-18(14-19(4,5)6)17-11-10-15(8-2)16(9-3)13-17/h10-11,13,18,20H,7-9,12,14H2,1-6H3. The van der Waals surface area contributed by atoms with E-state index >= 15 is 0 Å². The first-order chi connectivity index (χ1) is 9.41. The van der Waals surface area contributed by atoms with Crippen LogP contribution in [0.25, 0.3) is 0 Å². The van der Waals surface area contributed by atoms with Crippen molar-refractivity contribution in [3.63, 3.8) is 0 Å². The van der Waals surface area contributed by atoms with Gasteiger partial charge in [-0.05, 0) is 54.3 Å². The predicted molar refractivity (Wildman–Crippen MR) is 90.3 cm³/mol. The zero-order chi connectivity index (χ0) is 15.2. The van der Waals surface area contributed by atoms with Crippen LogP contribution >= 0.6 is 0 Å². The van der Waals surface area contributed by atoms with Crippen molar-refractivity contribution >= 4 is 0 Å². The highest BCUT2D eigenvalue weighted by Gasteiger charge is 2.20. The van der Waals surface area contributed by atoms with Gasteiger partial charge in [-0.25, -0.2) is 0 Å². The number of nitrogens with one attached hydrogen (secondary N) is 1. The molecule has 1 N–H and O–H groups in total. The fourth-order valence-electron chi connectivity index (χ4n) is 2.78. The SMILES string of the molecule is CCCNC(CC(C)(C)C)c1ccc(CC)c(CC)c1. The smallest absolute Gasteiger partial charge is 0.0325 e. The van der Waals surface area contributed by atoms with E-state index in [2.05, 4.69) is 65.1 Å². The summed E-state index contributed by atoms with van der Waals surface area (Å²) < 4.78 is 0. The molecule has 0 saturated heterocycles. The minimum absolute atomic E-state index is 0.348. The molecule has 20 heavy (non-hydrogen) atoms. The molecule has 1 aromatic carbocycles. The minimum Gasteiger partial charge on any atom is -0.310 e. The van der Waals surface area contributed by atoms with Crippen molar-refractivity contribution < 1.29 is 0 Å². The molecule has 114 valence electrons. The highest BCUT2D eigenvalue weighted by Crippen LogP contribution is 2.30. The van der Waals surface area contributed by atoms with Gasteiger partial charge in [0.15, 0.2) is 0 Å². The normalized spacial score (nSPS) is 13.5. The van der Waals surface area contributed by atoms with Crippen LogP contribution in [-0.4, -0.2) is 6.54 Å². The van der Waals surface area contributed by atoms with Crippen molar-refractivity contribution in [1.29, 1.82) is 0 Å². The van der Waals surface area contributed by atoms with Crippen LogP contribution in [0.3, 0.4) is 0 Å². The Morgan fingerprint density at radius 1 is 1.00 bits per heavy atom. The fourth-order valence-corrected chi connectivity index (χ4v) is 2.78. The Balaban J connectivity index is 3.00. The largest absolute Gasteiger partial charge is 0.310 e. The van der Waals surface area contributed by atoms with Crippen LogP contribution in [0.1, 0.15) is 77.1 Å². The molecule has 1 heteroatoms. The maximum Gasteiger partial charge on any atom is 0.0325 e. The van der Waals surface area contributed by atoms with Gasteiger partial charge in [0.1, 0.15) is 0 Å². The van der Waals surface area contributed by atoms with Gasteiger partial charge in [-0.1, -0.05) is 59.7 Å². The Bertz CT molecular complexity index is 401. The molecule has 0 fully saturated rings. The molecule has 1 nitrogen and oxygen atoms in total. The highest BCUT2D eigenvalue weighted by atomic mass is 14.9. The van der Waals surface area contributed by atoms with Gasteiger partial charge < -0.3 is 5.32 Å². The molecule has 1 unspecified atom stereocenters. The van der Waals surface area contributed by atoms with E-state index in [1.54, 1.807) is 0 Å². The van der Waals surface area contributed by atoms with Gasteiger partial charge in [0, 0.05) is 6.04 Å². The lowest BCUT2D eigenvalue weighted by molar-refractivity contribution is 0.311. The van der Waals surface area contributed by atoms with Gasteiger partial charge in [0.25, 0.3) is 0 Å². The van der Waals surface area contributed by atoms with E-state index in [-0.39, 0.29) is 0 Å². The van der Waals surface area contributed by atoms with Crippen molar-refractivity contribution in [2.24, 2.45) is 5.41 Å². The number of aryl methyl sites for hydroxylation is 2. The molecular weight excluding hydrogens is 242 g/mol. The van der Waals surface area contributed by atoms with Crippen molar-refractivity contribution in [3.05, 3.63) is 34.9 Å². The number of hydrogen-bond donors (Lipinski definition) is 1. The van der Waals surface area contributed by atoms with Gasteiger partial charge >= 0.3 is 0 Å². The van der Waals surface area contributed by atoms with Crippen molar-refractivity contribution in [2.45, 2.75) is 73.3 Å². The van der Waals surface area contributed by atoms with Crippen LogP contribution in [0.15, 0.2) is 18.2 Å². The van der Waals surface area contributed by atoms with E-state index in [0.29, 0.717) is 11.5 Å². The Kier molecular flexibility index (Phi) is 6.75. The average Bonchev–Trinajstić information content (AvgIpc) is 2.41. The second kappa shape index (κ2) is 7.83. The first-order valence-electron chi connectivity index (χ1n) is 8.26. The molecule has 0 bridgehead atoms. The summed E-state index contributed by atoms with van der Waals surface area (Å²) in [5.41, 5.74) is 4.83. The summed E-state index contributed by atoms with van der Waals surface area (Å²) >= 11 is 0.